The highest BCUT2D eigenvalue weighted by Gasteiger charge is 2.13. The van der Waals surface area contributed by atoms with E-state index in [0.29, 0.717) is 6.42 Å². The van der Waals surface area contributed by atoms with E-state index >= 15 is 0 Å². The highest BCUT2D eigenvalue weighted by Crippen LogP contribution is 2.27. The van der Waals surface area contributed by atoms with Crippen LogP contribution < -0.4 is 0 Å². The predicted octanol–water partition coefficient (Wildman–Crippen LogP) is 3.16. The topological polar surface area (TPSA) is 38.1 Å². The number of benzene rings is 1. The van der Waals surface area contributed by atoms with Crippen LogP contribution in [0.4, 0.5) is 0 Å². The van der Waals surface area contributed by atoms with Crippen LogP contribution in [-0.2, 0) is 13.5 Å². The van der Waals surface area contributed by atoms with Crippen molar-refractivity contribution in [3.05, 3.63) is 52.0 Å². The lowest BCUT2D eigenvalue weighted by atomic mass is 10.00. The molecule has 0 aliphatic heterocycles. The number of aliphatic hydroxyl groups excluding tert-OH is 1. The zero-order valence-corrected chi connectivity index (χ0v) is 12.2. The Bertz CT molecular complexity index is 536. The van der Waals surface area contributed by atoms with Gasteiger partial charge < -0.3 is 9.67 Å². The van der Waals surface area contributed by atoms with Gasteiger partial charge in [-0.15, -0.1) is 0 Å². The molecular weight excluding hydrogens is 292 g/mol. The molecule has 0 aliphatic rings. The van der Waals surface area contributed by atoms with Crippen molar-refractivity contribution in [3.63, 3.8) is 0 Å². The van der Waals surface area contributed by atoms with Crippen LogP contribution in [0.1, 0.15) is 29.5 Å². The molecule has 0 fully saturated rings. The second-order valence-electron chi connectivity index (χ2n) is 4.46. The number of hydrogen-bond donors (Lipinski definition) is 1. The summed E-state index contributed by atoms with van der Waals surface area (Å²) in [6.45, 7) is 2.02. The molecule has 0 amide bonds. The number of aryl methyl sites for hydroxylation is 2. The van der Waals surface area contributed by atoms with Gasteiger partial charge in [0.25, 0.3) is 0 Å². The summed E-state index contributed by atoms with van der Waals surface area (Å²) in [4.78, 5) is 4.26. The van der Waals surface area contributed by atoms with Gasteiger partial charge in [-0.2, -0.15) is 0 Å². The Hall–Kier alpha value is -1.13. The summed E-state index contributed by atoms with van der Waals surface area (Å²) >= 11 is 3.49. The highest BCUT2D eigenvalue weighted by atomic mass is 79.9. The van der Waals surface area contributed by atoms with Crippen LogP contribution in [0.5, 0.6) is 0 Å². The Kier molecular flexibility index (Phi) is 4.19. The molecule has 1 N–H and O–H groups in total. The van der Waals surface area contributed by atoms with Gasteiger partial charge in [0.05, 0.1) is 6.10 Å². The second kappa shape index (κ2) is 5.67. The minimum Gasteiger partial charge on any atom is -0.388 e. The van der Waals surface area contributed by atoms with Crippen molar-refractivity contribution in [1.82, 2.24) is 9.55 Å². The fraction of sp³-hybridized carbons (Fsp3) is 0.357. The van der Waals surface area contributed by atoms with Crippen molar-refractivity contribution < 1.29 is 5.11 Å². The zero-order chi connectivity index (χ0) is 13.1. The monoisotopic (exact) mass is 308 g/mol. The van der Waals surface area contributed by atoms with Crippen molar-refractivity contribution in [2.45, 2.75) is 25.9 Å². The zero-order valence-electron chi connectivity index (χ0n) is 10.6. The molecule has 1 aromatic carbocycles. The van der Waals surface area contributed by atoms with Gasteiger partial charge in [0.2, 0.25) is 0 Å². The normalized spacial score (nSPS) is 12.7. The summed E-state index contributed by atoms with van der Waals surface area (Å²) in [7, 11) is 1.97. The van der Waals surface area contributed by atoms with Crippen molar-refractivity contribution in [3.8, 4) is 0 Å². The van der Waals surface area contributed by atoms with E-state index in [2.05, 4.69) is 20.9 Å². The summed E-state index contributed by atoms with van der Waals surface area (Å²) in [5.74, 6) is 1.00. The Morgan fingerprint density at radius 1 is 1.44 bits per heavy atom. The third kappa shape index (κ3) is 2.82. The molecule has 0 aliphatic carbocycles. The van der Waals surface area contributed by atoms with Crippen LogP contribution in [0.15, 0.2) is 35.1 Å². The van der Waals surface area contributed by atoms with Gasteiger partial charge in [-0.3, -0.25) is 0 Å². The molecule has 96 valence electrons. The predicted molar refractivity (Wildman–Crippen MR) is 75.4 cm³/mol. The summed E-state index contributed by atoms with van der Waals surface area (Å²) in [5.41, 5.74) is 2.09. The SMILES string of the molecule is Cc1c(Br)cccc1C(O)CCc1nccn1C. The van der Waals surface area contributed by atoms with E-state index < -0.39 is 6.10 Å². The summed E-state index contributed by atoms with van der Waals surface area (Å²) < 4.78 is 3.02. The molecule has 2 rings (SSSR count). The highest BCUT2D eigenvalue weighted by molar-refractivity contribution is 9.10. The Balaban J connectivity index is 2.06. The average molecular weight is 309 g/mol. The first-order valence-corrected chi connectivity index (χ1v) is 6.78. The fourth-order valence-corrected chi connectivity index (χ4v) is 2.43. The van der Waals surface area contributed by atoms with Gasteiger partial charge in [0.15, 0.2) is 0 Å². The Labute approximate surface area is 116 Å². The Morgan fingerprint density at radius 2 is 2.22 bits per heavy atom. The molecule has 1 unspecified atom stereocenters. The van der Waals surface area contributed by atoms with Crippen molar-refractivity contribution in [2.75, 3.05) is 0 Å². The quantitative estimate of drug-likeness (QED) is 0.942. The van der Waals surface area contributed by atoms with Crippen LogP contribution in [0.2, 0.25) is 0 Å². The fourth-order valence-electron chi connectivity index (χ4n) is 2.04. The molecule has 1 heterocycles. The van der Waals surface area contributed by atoms with E-state index in [0.717, 1.165) is 27.8 Å². The van der Waals surface area contributed by atoms with E-state index in [1.165, 1.54) is 0 Å². The van der Waals surface area contributed by atoms with Crippen molar-refractivity contribution in [1.29, 1.82) is 0 Å². The number of halogens is 1. The minimum atomic E-state index is -0.445. The van der Waals surface area contributed by atoms with Crippen LogP contribution >= 0.6 is 15.9 Å². The maximum Gasteiger partial charge on any atom is 0.108 e. The lowest BCUT2D eigenvalue weighted by Crippen LogP contribution is -2.05. The van der Waals surface area contributed by atoms with Gasteiger partial charge >= 0.3 is 0 Å². The first-order chi connectivity index (χ1) is 8.59. The van der Waals surface area contributed by atoms with E-state index in [1.807, 2.05) is 42.9 Å². The molecular formula is C14H17BrN2O. The third-order valence-electron chi connectivity index (χ3n) is 3.23. The van der Waals surface area contributed by atoms with Crippen molar-refractivity contribution in [2.24, 2.45) is 7.05 Å². The van der Waals surface area contributed by atoms with Gasteiger partial charge in [0, 0.05) is 30.3 Å². The lowest BCUT2D eigenvalue weighted by Gasteiger charge is -2.14. The smallest absolute Gasteiger partial charge is 0.108 e. The number of hydrogen-bond acceptors (Lipinski definition) is 2. The van der Waals surface area contributed by atoms with Crippen molar-refractivity contribution >= 4 is 15.9 Å². The summed E-state index contributed by atoms with van der Waals surface area (Å²) in [6, 6.07) is 5.92. The van der Waals surface area contributed by atoms with Gasteiger partial charge in [-0.1, -0.05) is 28.1 Å². The number of imidazole rings is 1. The maximum atomic E-state index is 10.3. The first-order valence-electron chi connectivity index (χ1n) is 5.99. The standard InChI is InChI=1S/C14H17BrN2O/c1-10-11(4-3-5-12(10)15)13(18)6-7-14-16-8-9-17(14)2/h3-5,8-9,13,18H,6-7H2,1-2H3. The van der Waals surface area contributed by atoms with E-state index in [1.54, 1.807) is 6.20 Å². The lowest BCUT2D eigenvalue weighted by molar-refractivity contribution is 0.166. The van der Waals surface area contributed by atoms with Gasteiger partial charge in [-0.25, -0.2) is 4.98 Å². The molecule has 0 spiro atoms. The Morgan fingerprint density at radius 3 is 2.89 bits per heavy atom. The van der Waals surface area contributed by atoms with E-state index in [9.17, 15) is 5.11 Å². The summed E-state index contributed by atoms with van der Waals surface area (Å²) in [6.07, 6.45) is 4.72. The van der Waals surface area contributed by atoms with Gasteiger partial charge in [0.1, 0.15) is 5.82 Å². The van der Waals surface area contributed by atoms with Gasteiger partial charge in [-0.05, 0) is 30.5 Å². The first kappa shape index (κ1) is 13.3. The number of aliphatic hydroxyl groups is 1. The van der Waals surface area contributed by atoms with Crippen LogP contribution in [0.3, 0.4) is 0 Å². The maximum absolute atomic E-state index is 10.3. The summed E-state index contributed by atoms with van der Waals surface area (Å²) in [5, 5.41) is 10.3. The molecule has 4 heteroatoms. The van der Waals surface area contributed by atoms with Crippen LogP contribution in [0, 0.1) is 6.92 Å². The second-order valence-corrected chi connectivity index (χ2v) is 5.32. The number of aromatic nitrogens is 2. The number of rotatable bonds is 4. The largest absolute Gasteiger partial charge is 0.388 e. The molecule has 0 saturated heterocycles. The number of nitrogens with zero attached hydrogens (tertiary/aromatic N) is 2. The molecule has 1 aromatic heterocycles. The molecule has 0 radical (unpaired) electrons. The molecule has 3 nitrogen and oxygen atoms in total. The minimum absolute atomic E-state index is 0.445. The third-order valence-corrected chi connectivity index (χ3v) is 4.09. The molecule has 18 heavy (non-hydrogen) atoms. The molecule has 1 atom stereocenters. The van der Waals surface area contributed by atoms with Crippen LogP contribution in [-0.4, -0.2) is 14.7 Å². The molecule has 0 saturated carbocycles. The molecule has 0 bridgehead atoms. The van der Waals surface area contributed by atoms with Crippen LogP contribution in [0.25, 0.3) is 0 Å². The average Bonchev–Trinajstić information content (AvgIpc) is 2.75. The van der Waals surface area contributed by atoms with E-state index in [4.69, 9.17) is 0 Å². The van der Waals surface area contributed by atoms with E-state index in [-0.39, 0.29) is 0 Å². The molecule has 2 aromatic rings.